The largest absolute Gasteiger partial charge is 0.361 e. The van der Waals surface area contributed by atoms with E-state index < -0.39 is 0 Å². The van der Waals surface area contributed by atoms with Gasteiger partial charge in [-0.25, -0.2) is 9.97 Å². The van der Waals surface area contributed by atoms with Crippen molar-refractivity contribution in [1.29, 1.82) is 0 Å². The third-order valence-electron chi connectivity index (χ3n) is 4.89. The van der Waals surface area contributed by atoms with E-state index in [0.717, 1.165) is 24.0 Å². The van der Waals surface area contributed by atoms with Gasteiger partial charge in [0.2, 0.25) is 5.95 Å². The number of anilines is 2. The van der Waals surface area contributed by atoms with E-state index in [1.807, 2.05) is 42.6 Å². The van der Waals surface area contributed by atoms with Crippen molar-refractivity contribution in [3.05, 3.63) is 83.8 Å². The molecule has 0 aliphatic rings. The number of benzene rings is 2. The third-order valence-corrected chi connectivity index (χ3v) is 4.89. The molecule has 2 aromatic heterocycles. The number of H-pyrrole nitrogens is 1. The lowest BCUT2D eigenvalue weighted by Gasteiger charge is -2.10. The third kappa shape index (κ3) is 4.27. The second kappa shape index (κ2) is 8.56. The number of hydrogen-bond acceptors (Lipinski definition) is 4. The summed E-state index contributed by atoms with van der Waals surface area (Å²) in [5.41, 5.74) is 4.75. The van der Waals surface area contributed by atoms with E-state index in [9.17, 15) is 4.79 Å². The van der Waals surface area contributed by atoms with E-state index in [1.165, 1.54) is 16.5 Å². The van der Waals surface area contributed by atoms with Gasteiger partial charge in [-0.2, -0.15) is 0 Å². The quantitative estimate of drug-likeness (QED) is 0.444. The number of carbonyl (C=O) groups excluding carboxylic acids is 1. The van der Waals surface area contributed by atoms with Gasteiger partial charge >= 0.3 is 0 Å². The van der Waals surface area contributed by atoms with Crippen molar-refractivity contribution in [2.45, 2.75) is 19.8 Å². The molecule has 0 saturated heterocycles. The van der Waals surface area contributed by atoms with Crippen LogP contribution in [0.25, 0.3) is 10.9 Å². The van der Waals surface area contributed by atoms with Gasteiger partial charge in [-0.3, -0.25) is 4.79 Å². The van der Waals surface area contributed by atoms with Crippen LogP contribution >= 0.6 is 0 Å². The van der Waals surface area contributed by atoms with E-state index in [0.29, 0.717) is 18.2 Å². The first-order valence-corrected chi connectivity index (χ1v) is 9.75. The summed E-state index contributed by atoms with van der Waals surface area (Å²) in [6.07, 6.45) is 5.24. The Hall–Kier alpha value is -3.67. The zero-order valence-corrected chi connectivity index (χ0v) is 16.3. The van der Waals surface area contributed by atoms with Crippen molar-refractivity contribution in [1.82, 2.24) is 20.3 Å². The molecule has 0 aliphatic heterocycles. The molecule has 1 amide bonds. The Kier molecular flexibility index (Phi) is 5.52. The molecule has 2 heterocycles. The van der Waals surface area contributed by atoms with Crippen LogP contribution in [0, 0.1) is 0 Å². The first kappa shape index (κ1) is 18.7. The molecule has 0 spiro atoms. The standard InChI is InChI=1S/C23H23N5O/c1-2-16-7-3-5-9-19(16)27-23-25-14-12-21(28-23)22(29)24-13-11-17-15-26-20-10-6-4-8-18(17)20/h3-10,12,14-15,26H,2,11,13H2,1H3,(H,24,29)(H,25,27,28). The molecule has 0 unspecified atom stereocenters. The number of fused-ring (bicyclic) bond motifs is 1. The maximum atomic E-state index is 12.5. The Morgan fingerprint density at radius 1 is 1.03 bits per heavy atom. The maximum Gasteiger partial charge on any atom is 0.270 e. The number of para-hydroxylation sites is 2. The van der Waals surface area contributed by atoms with E-state index in [-0.39, 0.29) is 5.91 Å². The Morgan fingerprint density at radius 3 is 2.76 bits per heavy atom. The van der Waals surface area contributed by atoms with E-state index >= 15 is 0 Å². The summed E-state index contributed by atoms with van der Waals surface area (Å²) in [5.74, 6) is 0.203. The smallest absolute Gasteiger partial charge is 0.270 e. The zero-order valence-electron chi connectivity index (χ0n) is 16.3. The van der Waals surface area contributed by atoms with Crippen molar-refractivity contribution < 1.29 is 4.79 Å². The fraction of sp³-hybridized carbons (Fsp3) is 0.174. The Morgan fingerprint density at radius 2 is 1.86 bits per heavy atom. The molecule has 2 aromatic carbocycles. The Labute approximate surface area is 169 Å². The molecule has 6 nitrogen and oxygen atoms in total. The summed E-state index contributed by atoms with van der Waals surface area (Å²) in [6, 6.07) is 17.8. The minimum atomic E-state index is -0.209. The number of aromatic amines is 1. The molecule has 146 valence electrons. The van der Waals surface area contributed by atoms with Crippen molar-refractivity contribution in [3.8, 4) is 0 Å². The van der Waals surface area contributed by atoms with Gasteiger partial charge in [0.1, 0.15) is 5.69 Å². The fourth-order valence-corrected chi connectivity index (χ4v) is 3.36. The number of amides is 1. The van der Waals surface area contributed by atoms with Gasteiger partial charge in [0.25, 0.3) is 5.91 Å². The van der Waals surface area contributed by atoms with Gasteiger partial charge in [0, 0.05) is 35.5 Å². The van der Waals surface area contributed by atoms with Crippen LogP contribution in [0.3, 0.4) is 0 Å². The minimum Gasteiger partial charge on any atom is -0.361 e. The summed E-state index contributed by atoms with van der Waals surface area (Å²) in [6.45, 7) is 2.63. The van der Waals surface area contributed by atoms with Gasteiger partial charge < -0.3 is 15.6 Å². The highest BCUT2D eigenvalue weighted by Gasteiger charge is 2.10. The Balaban J connectivity index is 1.39. The molecule has 0 fully saturated rings. The number of hydrogen-bond donors (Lipinski definition) is 3. The van der Waals surface area contributed by atoms with Crippen LogP contribution in [0.15, 0.2) is 67.0 Å². The molecule has 0 saturated carbocycles. The first-order chi connectivity index (χ1) is 14.2. The van der Waals surface area contributed by atoms with Gasteiger partial charge in [-0.1, -0.05) is 43.3 Å². The average Bonchev–Trinajstić information content (AvgIpc) is 3.17. The highest BCUT2D eigenvalue weighted by Crippen LogP contribution is 2.19. The Bertz CT molecular complexity index is 1130. The van der Waals surface area contributed by atoms with Gasteiger partial charge in [-0.15, -0.1) is 0 Å². The molecular weight excluding hydrogens is 362 g/mol. The number of nitrogens with zero attached hydrogens (tertiary/aromatic N) is 2. The lowest BCUT2D eigenvalue weighted by atomic mass is 10.1. The highest BCUT2D eigenvalue weighted by molar-refractivity contribution is 5.92. The molecule has 0 atom stereocenters. The molecule has 0 radical (unpaired) electrons. The predicted molar refractivity (Wildman–Crippen MR) is 115 cm³/mol. The van der Waals surface area contributed by atoms with Crippen LogP contribution in [-0.2, 0) is 12.8 Å². The van der Waals surface area contributed by atoms with Gasteiger partial charge in [0.05, 0.1) is 0 Å². The van der Waals surface area contributed by atoms with Crippen LogP contribution in [0.1, 0.15) is 28.5 Å². The molecule has 4 rings (SSSR count). The lowest BCUT2D eigenvalue weighted by Crippen LogP contribution is -2.26. The zero-order chi connectivity index (χ0) is 20.1. The predicted octanol–water partition coefficient (Wildman–Crippen LogP) is 4.24. The van der Waals surface area contributed by atoms with Crippen LogP contribution in [0.2, 0.25) is 0 Å². The van der Waals surface area contributed by atoms with E-state index in [2.05, 4.69) is 44.6 Å². The molecule has 0 bridgehead atoms. The molecular formula is C23H23N5O. The summed E-state index contributed by atoms with van der Waals surface area (Å²) in [7, 11) is 0. The normalized spacial score (nSPS) is 10.8. The number of carbonyl (C=O) groups is 1. The maximum absolute atomic E-state index is 12.5. The van der Waals surface area contributed by atoms with Crippen LogP contribution in [-0.4, -0.2) is 27.4 Å². The minimum absolute atomic E-state index is 0.209. The second-order valence-corrected chi connectivity index (χ2v) is 6.77. The van der Waals surface area contributed by atoms with Crippen molar-refractivity contribution >= 4 is 28.4 Å². The van der Waals surface area contributed by atoms with E-state index in [1.54, 1.807) is 12.3 Å². The van der Waals surface area contributed by atoms with E-state index in [4.69, 9.17) is 0 Å². The number of nitrogens with one attached hydrogen (secondary N) is 3. The molecule has 4 aromatic rings. The van der Waals surface area contributed by atoms with Gasteiger partial charge in [-0.05, 0) is 42.2 Å². The summed E-state index contributed by atoms with van der Waals surface area (Å²) in [5, 5.41) is 7.34. The number of aryl methyl sites for hydroxylation is 1. The summed E-state index contributed by atoms with van der Waals surface area (Å²) >= 11 is 0. The van der Waals surface area contributed by atoms with Crippen molar-refractivity contribution in [3.63, 3.8) is 0 Å². The first-order valence-electron chi connectivity index (χ1n) is 9.75. The summed E-state index contributed by atoms with van der Waals surface area (Å²) in [4.78, 5) is 24.4. The summed E-state index contributed by atoms with van der Waals surface area (Å²) < 4.78 is 0. The monoisotopic (exact) mass is 385 g/mol. The number of aromatic nitrogens is 3. The van der Waals surface area contributed by atoms with Crippen LogP contribution < -0.4 is 10.6 Å². The average molecular weight is 385 g/mol. The molecule has 6 heteroatoms. The number of rotatable bonds is 7. The van der Waals surface area contributed by atoms with Crippen molar-refractivity contribution in [2.75, 3.05) is 11.9 Å². The lowest BCUT2D eigenvalue weighted by molar-refractivity contribution is 0.0949. The molecule has 3 N–H and O–H groups in total. The fourth-order valence-electron chi connectivity index (χ4n) is 3.36. The van der Waals surface area contributed by atoms with Crippen LogP contribution in [0.4, 0.5) is 11.6 Å². The van der Waals surface area contributed by atoms with Gasteiger partial charge in [0.15, 0.2) is 0 Å². The highest BCUT2D eigenvalue weighted by atomic mass is 16.1. The topological polar surface area (TPSA) is 82.7 Å². The van der Waals surface area contributed by atoms with Crippen molar-refractivity contribution in [2.24, 2.45) is 0 Å². The van der Waals surface area contributed by atoms with Crippen LogP contribution in [0.5, 0.6) is 0 Å². The second-order valence-electron chi connectivity index (χ2n) is 6.77. The SMILES string of the molecule is CCc1ccccc1Nc1nccc(C(=O)NCCc2c[nH]c3ccccc23)n1. The molecule has 0 aliphatic carbocycles. The molecule has 29 heavy (non-hydrogen) atoms.